The van der Waals surface area contributed by atoms with Gasteiger partial charge in [0.25, 0.3) is 0 Å². The average molecular weight is 290 g/mol. The maximum atomic E-state index is 11.7. The van der Waals surface area contributed by atoms with E-state index >= 15 is 0 Å². The molecule has 116 valence electrons. The molecule has 1 N–H and O–H groups in total. The van der Waals surface area contributed by atoms with E-state index in [9.17, 15) is 9.90 Å². The van der Waals surface area contributed by atoms with Gasteiger partial charge in [0.2, 0.25) is 0 Å². The molecule has 21 heavy (non-hydrogen) atoms. The van der Waals surface area contributed by atoms with Crippen LogP contribution in [0, 0.1) is 0 Å². The summed E-state index contributed by atoms with van der Waals surface area (Å²) in [4.78, 5) is 16.0. The summed E-state index contributed by atoms with van der Waals surface area (Å²) in [6.45, 7) is 7.95. The molecule has 4 nitrogen and oxygen atoms in total. The van der Waals surface area contributed by atoms with Crippen LogP contribution < -0.4 is 4.90 Å². The SMILES string of the molecule is CCN(CC)c1ccc(C(C(=O)O)N2CCCCC2)cc1. The van der Waals surface area contributed by atoms with Crippen molar-refractivity contribution in [3.63, 3.8) is 0 Å². The van der Waals surface area contributed by atoms with E-state index in [4.69, 9.17) is 0 Å². The lowest BCUT2D eigenvalue weighted by atomic mass is 10.0. The Morgan fingerprint density at radius 2 is 1.71 bits per heavy atom. The molecule has 0 amide bonds. The van der Waals surface area contributed by atoms with Gasteiger partial charge in [-0.15, -0.1) is 0 Å². The van der Waals surface area contributed by atoms with Crippen LogP contribution >= 0.6 is 0 Å². The Balaban J connectivity index is 2.18. The largest absolute Gasteiger partial charge is 0.480 e. The third kappa shape index (κ3) is 3.76. The molecule has 0 spiro atoms. The van der Waals surface area contributed by atoms with Gasteiger partial charge in [0.05, 0.1) is 0 Å². The van der Waals surface area contributed by atoms with E-state index in [0.717, 1.165) is 50.3 Å². The average Bonchev–Trinajstić information content (AvgIpc) is 2.51. The van der Waals surface area contributed by atoms with Crippen LogP contribution in [0.5, 0.6) is 0 Å². The van der Waals surface area contributed by atoms with Gasteiger partial charge < -0.3 is 10.0 Å². The van der Waals surface area contributed by atoms with Crippen molar-refractivity contribution < 1.29 is 9.90 Å². The summed E-state index contributed by atoms with van der Waals surface area (Å²) in [5.74, 6) is -0.743. The molecule has 1 aromatic rings. The Morgan fingerprint density at radius 3 is 2.19 bits per heavy atom. The predicted octanol–water partition coefficient (Wildman–Crippen LogP) is 3.14. The van der Waals surface area contributed by atoms with Crippen molar-refractivity contribution in [1.82, 2.24) is 4.90 Å². The first-order valence-corrected chi connectivity index (χ1v) is 7.99. The normalized spacial score (nSPS) is 17.4. The highest BCUT2D eigenvalue weighted by atomic mass is 16.4. The monoisotopic (exact) mass is 290 g/mol. The highest BCUT2D eigenvalue weighted by molar-refractivity contribution is 5.75. The second-order valence-electron chi connectivity index (χ2n) is 5.60. The molecule has 0 aliphatic carbocycles. The quantitative estimate of drug-likeness (QED) is 0.874. The van der Waals surface area contributed by atoms with Gasteiger partial charge in [0.1, 0.15) is 6.04 Å². The molecule has 0 saturated carbocycles. The molecule has 0 radical (unpaired) electrons. The zero-order chi connectivity index (χ0) is 15.2. The fourth-order valence-electron chi connectivity index (χ4n) is 3.14. The van der Waals surface area contributed by atoms with E-state index in [-0.39, 0.29) is 0 Å². The van der Waals surface area contributed by atoms with Gasteiger partial charge in [-0.2, -0.15) is 0 Å². The zero-order valence-electron chi connectivity index (χ0n) is 13.1. The van der Waals surface area contributed by atoms with E-state index < -0.39 is 12.0 Å². The Morgan fingerprint density at radius 1 is 1.14 bits per heavy atom. The van der Waals surface area contributed by atoms with Gasteiger partial charge in [0, 0.05) is 18.8 Å². The van der Waals surface area contributed by atoms with Crippen molar-refractivity contribution in [2.75, 3.05) is 31.1 Å². The minimum atomic E-state index is -0.743. The first-order valence-electron chi connectivity index (χ1n) is 7.99. The molecule has 0 aromatic heterocycles. The first kappa shape index (κ1) is 15.8. The molecule has 4 heteroatoms. The van der Waals surface area contributed by atoms with Crippen molar-refractivity contribution in [1.29, 1.82) is 0 Å². The molecule has 2 rings (SSSR count). The van der Waals surface area contributed by atoms with Crippen molar-refractivity contribution >= 4 is 11.7 Å². The van der Waals surface area contributed by atoms with Crippen LogP contribution in [0.15, 0.2) is 24.3 Å². The van der Waals surface area contributed by atoms with Crippen LogP contribution in [0.1, 0.15) is 44.7 Å². The third-order valence-electron chi connectivity index (χ3n) is 4.33. The van der Waals surface area contributed by atoms with Gasteiger partial charge in [-0.05, 0) is 57.5 Å². The van der Waals surface area contributed by atoms with E-state index in [1.54, 1.807) is 0 Å². The Kier molecular flexibility index (Phi) is 5.62. The molecule has 1 saturated heterocycles. The molecule has 0 bridgehead atoms. The van der Waals surface area contributed by atoms with Crippen molar-refractivity contribution in [3.05, 3.63) is 29.8 Å². The topological polar surface area (TPSA) is 43.8 Å². The smallest absolute Gasteiger partial charge is 0.325 e. The number of hydrogen-bond acceptors (Lipinski definition) is 3. The standard InChI is InChI=1S/C17H26N2O2/c1-3-18(4-2)15-10-8-14(9-11-15)16(17(20)21)19-12-6-5-7-13-19/h8-11,16H,3-7,12-13H2,1-2H3,(H,20,21). The summed E-state index contributed by atoms with van der Waals surface area (Å²) in [6.07, 6.45) is 3.41. The van der Waals surface area contributed by atoms with Crippen molar-refractivity contribution in [2.45, 2.75) is 39.2 Å². The molecule has 1 heterocycles. The summed E-state index contributed by atoms with van der Waals surface area (Å²) in [5, 5.41) is 9.60. The van der Waals surface area contributed by atoms with Crippen LogP contribution in [-0.2, 0) is 4.79 Å². The van der Waals surface area contributed by atoms with Gasteiger partial charge in [-0.25, -0.2) is 0 Å². The number of hydrogen-bond donors (Lipinski definition) is 1. The number of carboxylic acids is 1. The lowest BCUT2D eigenvalue weighted by Gasteiger charge is -2.32. The third-order valence-corrected chi connectivity index (χ3v) is 4.33. The van der Waals surface area contributed by atoms with E-state index in [0.29, 0.717) is 0 Å². The number of nitrogens with zero attached hydrogens (tertiary/aromatic N) is 2. The molecule has 1 aromatic carbocycles. The van der Waals surface area contributed by atoms with Gasteiger partial charge in [0.15, 0.2) is 0 Å². The summed E-state index contributed by atoms with van der Waals surface area (Å²) in [7, 11) is 0. The highest BCUT2D eigenvalue weighted by Crippen LogP contribution is 2.26. The lowest BCUT2D eigenvalue weighted by molar-refractivity contribution is -0.144. The number of aliphatic carboxylic acids is 1. The van der Waals surface area contributed by atoms with Crippen LogP contribution in [0.3, 0.4) is 0 Å². The molecular formula is C17H26N2O2. The Bertz CT molecular complexity index is 448. The summed E-state index contributed by atoms with van der Waals surface area (Å²) in [6, 6.07) is 7.53. The van der Waals surface area contributed by atoms with Crippen LogP contribution in [0.4, 0.5) is 5.69 Å². The number of benzene rings is 1. The molecule has 1 aliphatic heterocycles. The van der Waals surface area contributed by atoms with Crippen LogP contribution in [0.2, 0.25) is 0 Å². The Labute approximate surface area is 127 Å². The van der Waals surface area contributed by atoms with E-state index in [1.807, 2.05) is 24.3 Å². The molecular weight excluding hydrogens is 264 g/mol. The number of carbonyl (C=O) groups is 1. The van der Waals surface area contributed by atoms with Crippen LogP contribution in [-0.4, -0.2) is 42.2 Å². The molecule has 1 aliphatic rings. The van der Waals surface area contributed by atoms with Crippen molar-refractivity contribution in [3.8, 4) is 0 Å². The predicted molar refractivity (Wildman–Crippen MR) is 85.8 cm³/mol. The Hall–Kier alpha value is -1.55. The van der Waals surface area contributed by atoms with E-state index in [1.165, 1.54) is 6.42 Å². The van der Waals surface area contributed by atoms with Crippen LogP contribution in [0.25, 0.3) is 0 Å². The fraction of sp³-hybridized carbons (Fsp3) is 0.588. The number of rotatable bonds is 6. The lowest BCUT2D eigenvalue weighted by Crippen LogP contribution is -2.37. The highest BCUT2D eigenvalue weighted by Gasteiger charge is 2.28. The zero-order valence-corrected chi connectivity index (χ0v) is 13.1. The van der Waals surface area contributed by atoms with Gasteiger partial charge in [-0.3, -0.25) is 9.69 Å². The molecule has 1 fully saturated rings. The van der Waals surface area contributed by atoms with E-state index in [2.05, 4.69) is 23.6 Å². The summed E-state index contributed by atoms with van der Waals surface area (Å²) in [5.41, 5.74) is 2.05. The van der Waals surface area contributed by atoms with Gasteiger partial charge >= 0.3 is 5.97 Å². The maximum absolute atomic E-state index is 11.7. The number of anilines is 1. The minimum Gasteiger partial charge on any atom is -0.480 e. The maximum Gasteiger partial charge on any atom is 0.325 e. The fourth-order valence-corrected chi connectivity index (χ4v) is 3.14. The first-order chi connectivity index (χ1) is 10.2. The second kappa shape index (κ2) is 7.46. The molecule has 1 atom stereocenters. The minimum absolute atomic E-state index is 0.504. The molecule has 1 unspecified atom stereocenters. The number of carboxylic acid groups (broad SMARTS) is 1. The van der Waals surface area contributed by atoms with Crippen molar-refractivity contribution in [2.24, 2.45) is 0 Å². The van der Waals surface area contributed by atoms with Gasteiger partial charge in [-0.1, -0.05) is 18.6 Å². The number of piperidine rings is 1. The second-order valence-corrected chi connectivity index (χ2v) is 5.60. The summed E-state index contributed by atoms with van der Waals surface area (Å²) < 4.78 is 0. The summed E-state index contributed by atoms with van der Waals surface area (Å²) >= 11 is 0. The number of likely N-dealkylation sites (tertiary alicyclic amines) is 1.